The Labute approximate surface area is 169 Å². The maximum atomic E-state index is 12.8. The number of ether oxygens (including phenoxy) is 2. The molecule has 1 unspecified atom stereocenters. The van der Waals surface area contributed by atoms with Crippen molar-refractivity contribution in [3.8, 4) is 0 Å². The van der Waals surface area contributed by atoms with Gasteiger partial charge in [-0.15, -0.1) is 0 Å². The molecule has 0 heterocycles. The molecule has 0 aliphatic heterocycles. The fourth-order valence-corrected chi connectivity index (χ4v) is 3.79. The summed E-state index contributed by atoms with van der Waals surface area (Å²) in [6.45, 7) is 11.4. The molecule has 2 rings (SSSR count). The van der Waals surface area contributed by atoms with E-state index in [1.54, 1.807) is 0 Å². The molecule has 1 amide bonds. The third-order valence-electron chi connectivity index (χ3n) is 4.94. The van der Waals surface area contributed by atoms with E-state index in [1.807, 2.05) is 39.0 Å². The van der Waals surface area contributed by atoms with E-state index in [4.69, 9.17) is 9.47 Å². The van der Waals surface area contributed by atoms with Gasteiger partial charge >= 0.3 is 0 Å². The van der Waals surface area contributed by atoms with E-state index in [-0.39, 0.29) is 24.2 Å². The number of rotatable bonds is 11. The molecular formula is C24H35NO3. The fraction of sp³-hybridized carbons (Fsp3) is 0.542. The largest absolute Gasteiger partial charge is 0.353 e. The minimum Gasteiger partial charge on any atom is -0.353 e. The van der Waals surface area contributed by atoms with Crippen LogP contribution in [0.15, 0.2) is 42.5 Å². The second-order valence-electron chi connectivity index (χ2n) is 7.73. The summed E-state index contributed by atoms with van der Waals surface area (Å²) in [6, 6.07) is 14.4. The zero-order chi connectivity index (χ0) is 20.5. The molecule has 0 spiro atoms. The molecule has 2 aromatic carbocycles. The van der Waals surface area contributed by atoms with Gasteiger partial charge in [0.2, 0.25) is 5.91 Å². The van der Waals surface area contributed by atoms with Crippen LogP contribution in [0.1, 0.15) is 59.1 Å². The predicted octanol–water partition coefficient (Wildman–Crippen LogP) is 5.47. The summed E-state index contributed by atoms with van der Waals surface area (Å²) >= 11 is 0. The Morgan fingerprint density at radius 1 is 0.964 bits per heavy atom. The topological polar surface area (TPSA) is 47.6 Å². The van der Waals surface area contributed by atoms with Crippen molar-refractivity contribution in [3.05, 3.63) is 48.0 Å². The van der Waals surface area contributed by atoms with E-state index in [0.29, 0.717) is 25.6 Å². The van der Waals surface area contributed by atoms with Crippen LogP contribution < -0.4 is 5.32 Å². The van der Waals surface area contributed by atoms with E-state index in [9.17, 15) is 4.79 Å². The minimum absolute atomic E-state index is 0.0375. The second kappa shape index (κ2) is 11.2. The van der Waals surface area contributed by atoms with Crippen LogP contribution in [0.5, 0.6) is 0 Å². The minimum atomic E-state index is -0.337. The normalized spacial score (nSPS) is 13.8. The lowest BCUT2D eigenvalue weighted by atomic mass is 9.92. The van der Waals surface area contributed by atoms with Crippen LogP contribution in [0.4, 0.5) is 0 Å². The Balaban J connectivity index is 2.10. The average molecular weight is 386 g/mol. The van der Waals surface area contributed by atoms with Crippen molar-refractivity contribution in [3.63, 3.8) is 0 Å². The van der Waals surface area contributed by atoms with Crippen LogP contribution in [0, 0.1) is 11.8 Å². The third kappa shape index (κ3) is 6.32. The number of benzene rings is 2. The van der Waals surface area contributed by atoms with E-state index >= 15 is 0 Å². The van der Waals surface area contributed by atoms with Crippen molar-refractivity contribution in [2.75, 3.05) is 13.2 Å². The molecule has 4 heteroatoms. The molecule has 0 aliphatic carbocycles. The van der Waals surface area contributed by atoms with E-state index in [1.165, 1.54) is 10.8 Å². The summed E-state index contributed by atoms with van der Waals surface area (Å²) in [6.07, 6.45) is 0.953. The maximum Gasteiger partial charge on any atom is 0.220 e. The van der Waals surface area contributed by atoms with Crippen molar-refractivity contribution in [2.45, 2.75) is 59.8 Å². The summed E-state index contributed by atoms with van der Waals surface area (Å²) in [5.41, 5.74) is 1.14. The van der Waals surface area contributed by atoms with Gasteiger partial charge in [-0.05, 0) is 49.4 Å². The molecular weight excluding hydrogens is 350 g/mol. The van der Waals surface area contributed by atoms with Crippen LogP contribution in [-0.2, 0) is 14.3 Å². The molecule has 4 nitrogen and oxygen atoms in total. The summed E-state index contributed by atoms with van der Waals surface area (Å²) in [5, 5.41) is 5.55. The molecule has 0 aromatic heterocycles. The van der Waals surface area contributed by atoms with Crippen LogP contribution in [0.3, 0.4) is 0 Å². The van der Waals surface area contributed by atoms with Gasteiger partial charge in [0.15, 0.2) is 6.29 Å². The number of nitrogens with one attached hydrogen (secondary N) is 1. The van der Waals surface area contributed by atoms with E-state index < -0.39 is 0 Å². The first-order chi connectivity index (χ1) is 13.5. The van der Waals surface area contributed by atoms with Gasteiger partial charge in [0, 0.05) is 25.6 Å². The first-order valence-corrected chi connectivity index (χ1v) is 10.5. The van der Waals surface area contributed by atoms with Crippen molar-refractivity contribution in [1.29, 1.82) is 0 Å². The van der Waals surface area contributed by atoms with E-state index in [2.05, 4.69) is 43.4 Å². The smallest absolute Gasteiger partial charge is 0.220 e. The van der Waals surface area contributed by atoms with E-state index in [0.717, 1.165) is 12.0 Å². The first-order valence-electron chi connectivity index (χ1n) is 10.5. The average Bonchev–Trinajstić information content (AvgIpc) is 2.66. The van der Waals surface area contributed by atoms with Crippen molar-refractivity contribution >= 4 is 16.7 Å². The molecule has 0 fully saturated rings. The summed E-state index contributed by atoms with van der Waals surface area (Å²) < 4.78 is 11.6. The van der Waals surface area contributed by atoms with Crippen LogP contribution in [0.25, 0.3) is 10.8 Å². The fourth-order valence-electron chi connectivity index (χ4n) is 3.79. The second-order valence-corrected chi connectivity index (χ2v) is 7.73. The van der Waals surface area contributed by atoms with Crippen LogP contribution in [-0.4, -0.2) is 25.4 Å². The predicted molar refractivity (Wildman–Crippen MR) is 115 cm³/mol. The Kier molecular flexibility index (Phi) is 8.94. The Hall–Kier alpha value is -1.91. The molecule has 0 saturated heterocycles. The van der Waals surface area contributed by atoms with Crippen molar-refractivity contribution < 1.29 is 14.3 Å². The molecule has 0 saturated carbocycles. The standard InChI is InChI=1S/C24H35NO3/c1-6-27-24(28-7-2)20(15-17(3)4)16-23(26)25-18(5)21-14-10-12-19-11-8-9-13-22(19)21/h8-14,17-18,20,24H,6-7,15-16H2,1-5H3,(H,25,26)/t18-,20?/m1/s1. The van der Waals surface area contributed by atoms with Gasteiger partial charge < -0.3 is 14.8 Å². The lowest BCUT2D eigenvalue weighted by Crippen LogP contribution is -2.35. The first kappa shape index (κ1) is 22.4. The molecule has 0 radical (unpaired) electrons. The Morgan fingerprint density at radius 2 is 1.61 bits per heavy atom. The van der Waals surface area contributed by atoms with Crippen molar-refractivity contribution in [1.82, 2.24) is 5.32 Å². The lowest BCUT2D eigenvalue weighted by Gasteiger charge is -2.28. The Morgan fingerprint density at radius 3 is 2.25 bits per heavy atom. The van der Waals surface area contributed by atoms with Crippen molar-refractivity contribution in [2.24, 2.45) is 11.8 Å². The van der Waals surface area contributed by atoms with Gasteiger partial charge in [-0.2, -0.15) is 0 Å². The molecule has 1 N–H and O–H groups in total. The number of hydrogen-bond acceptors (Lipinski definition) is 3. The molecule has 154 valence electrons. The number of fused-ring (bicyclic) bond motifs is 1. The van der Waals surface area contributed by atoms with Gasteiger partial charge in [-0.25, -0.2) is 0 Å². The summed E-state index contributed by atoms with van der Waals surface area (Å²) in [5.74, 6) is 0.548. The quantitative estimate of drug-likeness (QED) is 0.522. The van der Waals surface area contributed by atoms with Gasteiger partial charge in [0.25, 0.3) is 0 Å². The van der Waals surface area contributed by atoms with Gasteiger partial charge in [-0.1, -0.05) is 56.3 Å². The van der Waals surface area contributed by atoms with Crippen LogP contribution in [0.2, 0.25) is 0 Å². The van der Waals surface area contributed by atoms with Gasteiger partial charge in [-0.3, -0.25) is 4.79 Å². The number of hydrogen-bond donors (Lipinski definition) is 1. The lowest BCUT2D eigenvalue weighted by molar-refractivity contribution is -0.173. The highest BCUT2D eigenvalue weighted by Gasteiger charge is 2.26. The summed E-state index contributed by atoms with van der Waals surface area (Å²) in [7, 11) is 0. The number of carbonyl (C=O) groups is 1. The SMILES string of the molecule is CCOC(OCC)C(CC(=O)N[C@H](C)c1cccc2ccccc12)CC(C)C. The highest BCUT2D eigenvalue weighted by molar-refractivity contribution is 5.86. The molecule has 0 aliphatic rings. The zero-order valence-corrected chi connectivity index (χ0v) is 17.9. The molecule has 28 heavy (non-hydrogen) atoms. The maximum absolute atomic E-state index is 12.8. The summed E-state index contributed by atoms with van der Waals surface area (Å²) in [4.78, 5) is 12.8. The van der Waals surface area contributed by atoms with Gasteiger partial charge in [0.05, 0.1) is 6.04 Å². The third-order valence-corrected chi connectivity index (χ3v) is 4.94. The highest BCUT2D eigenvalue weighted by Crippen LogP contribution is 2.26. The number of amides is 1. The molecule has 2 atom stereocenters. The molecule has 0 bridgehead atoms. The van der Waals surface area contributed by atoms with Crippen LogP contribution >= 0.6 is 0 Å². The Bertz CT molecular complexity index is 732. The monoisotopic (exact) mass is 385 g/mol. The van der Waals surface area contributed by atoms with Gasteiger partial charge in [0.1, 0.15) is 0 Å². The number of carbonyl (C=O) groups excluding carboxylic acids is 1. The highest BCUT2D eigenvalue weighted by atomic mass is 16.7. The molecule has 2 aromatic rings. The zero-order valence-electron chi connectivity index (χ0n) is 17.9.